The predicted molar refractivity (Wildman–Crippen MR) is 103 cm³/mol. The van der Waals surface area contributed by atoms with Gasteiger partial charge in [0.15, 0.2) is 11.8 Å². The average molecular weight is 381 g/mol. The molecule has 0 radical (unpaired) electrons. The smallest absolute Gasteiger partial charge is 0.328 e. The summed E-state index contributed by atoms with van der Waals surface area (Å²) in [6.45, 7) is 1.56. The normalized spacial score (nSPS) is 16.8. The van der Waals surface area contributed by atoms with E-state index in [0.29, 0.717) is 11.1 Å². The van der Waals surface area contributed by atoms with Crippen LogP contribution in [-0.2, 0) is 19.9 Å². The molecule has 3 amide bonds. The number of ether oxygens (including phenoxy) is 1. The van der Waals surface area contributed by atoms with E-state index in [0.717, 1.165) is 4.90 Å². The summed E-state index contributed by atoms with van der Waals surface area (Å²) in [5.74, 6) is -1.00. The number of benzene rings is 2. The number of esters is 1. The minimum atomic E-state index is -1.37. The van der Waals surface area contributed by atoms with E-state index in [2.05, 4.69) is 5.32 Å². The van der Waals surface area contributed by atoms with Crippen LogP contribution in [-0.4, -0.2) is 54.6 Å². The zero-order valence-electron chi connectivity index (χ0n) is 16.1. The van der Waals surface area contributed by atoms with Crippen LogP contribution in [0.2, 0.25) is 0 Å². The summed E-state index contributed by atoms with van der Waals surface area (Å²) in [7, 11) is 3.46. The number of hydrogen-bond donors (Lipinski definition) is 1. The van der Waals surface area contributed by atoms with E-state index in [1.54, 1.807) is 43.3 Å². The molecule has 1 heterocycles. The summed E-state index contributed by atoms with van der Waals surface area (Å²) in [4.78, 5) is 40.9. The Bertz CT molecular complexity index is 828. The summed E-state index contributed by atoms with van der Waals surface area (Å²) >= 11 is 0. The van der Waals surface area contributed by atoms with Gasteiger partial charge in [-0.3, -0.25) is 14.5 Å². The van der Waals surface area contributed by atoms with Crippen LogP contribution in [0.3, 0.4) is 0 Å². The van der Waals surface area contributed by atoms with Gasteiger partial charge >= 0.3 is 12.0 Å². The zero-order valence-corrected chi connectivity index (χ0v) is 16.1. The number of amides is 3. The molecular formula is C21H23N3O4. The van der Waals surface area contributed by atoms with Crippen molar-refractivity contribution in [1.82, 2.24) is 15.1 Å². The fourth-order valence-electron chi connectivity index (χ4n) is 3.35. The Labute approximate surface area is 163 Å². The molecule has 146 valence electrons. The number of rotatable bonds is 6. The Kier molecular flexibility index (Phi) is 5.46. The third kappa shape index (κ3) is 3.48. The number of nitrogens with zero attached hydrogens (tertiary/aromatic N) is 2. The van der Waals surface area contributed by atoms with Gasteiger partial charge in [-0.2, -0.15) is 0 Å². The number of hydrogen-bond acceptors (Lipinski definition) is 5. The zero-order chi connectivity index (χ0) is 20.3. The van der Waals surface area contributed by atoms with Gasteiger partial charge in [0.1, 0.15) is 0 Å². The lowest BCUT2D eigenvalue weighted by molar-refractivity contribution is -0.159. The Hall–Kier alpha value is -3.19. The summed E-state index contributed by atoms with van der Waals surface area (Å²) in [6, 6.07) is 17.5. The van der Waals surface area contributed by atoms with Gasteiger partial charge in [-0.05, 0) is 32.1 Å². The van der Waals surface area contributed by atoms with E-state index in [9.17, 15) is 14.4 Å². The van der Waals surface area contributed by atoms with E-state index < -0.39 is 29.7 Å². The molecule has 1 saturated heterocycles. The van der Waals surface area contributed by atoms with Crippen molar-refractivity contribution in [3.05, 3.63) is 71.8 Å². The van der Waals surface area contributed by atoms with E-state index in [1.165, 1.54) is 6.92 Å². The quantitative estimate of drug-likeness (QED) is 0.611. The van der Waals surface area contributed by atoms with Crippen molar-refractivity contribution in [3.8, 4) is 0 Å². The van der Waals surface area contributed by atoms with Gasteiger partial charge < -0.3 is 10.1 Å². The van der Waals surface area contributed by atoms with Gasteiger partial charge in [-0.25, -0.2) is 9.69 Å². The molecule has 7 nitrogen and oxygen atoms in total. The lowest BCUT2D eigenvalue weighted by Gasteiger charge is -2.29. The lowest BCUT2D eigenvalue weighted by Crippen LogP contribution is -2.47. The highest BCUT2D eigenvalue weighted by atomic mass is 16.6. The monoisotopic (exact) mass is 381 g/mol. The molecule has 2 aromatic rings. The van der Waals surface area contributed by atoms with Gasteiger partial charge in [0, 0.05) is 0 Å². The standard InChI is InChI=1S/C21H23N3O4/c1-15(28-18(25)14-23(2)3)24-19(26)21(22-20(24)27,16-10-6-4-7-11-16)17-12-8-5-9-13-17/h4-13,15H,14H2,1-3H3,(H,22,27). The number of carbonyl (C=O) groups excluding carboxylic acids is 3. The van der Waals surface area contributed by atoms with Crippen LogP contribution in [0.4, 0.5) is 4.79 Å². The summed E-state index contributed by atoms with van der Waals surface area (Å²) in [5, 5.41) is 2.83. The first-order valence-electron chi connectivity index (χ1n) is 8.97. The Balaban J connectivity index is 1.99. The fourth-order valence-corrected chi connectivity index (χ4v) is 3.35. The van der Waals surface area contributed by atoms with Gasteiger partial charge in [-0.1, -0.05) is 60.7 Å². The molecule has 0 aromatic heterocycles. The largest absolute Gasteiger partial charge is 0.440 e. The van der Waals surface area contributed by atoms with Crippen molar-refractivity contribution in [3.63, 3.8) is 0 Å². The van der Waals surface area contributed by atoms with Crippen molar-refractivity contribution < 1.29 is 19.1 Å². The molecule has 1 aliphatic rings. The molecule has 0 spiro atoms. The van der Waals surface area contributed by atoms with Crippen LogP contribution in [0, 0.1) is 0 Å². The van der Waals surface area contributed by atoms with Crippen molar-refractivity contribution in [2.24, 2.45) is 0 Å². The first-order chi connectivity index (χ1) is 13.4. The highest BCUT2D eigenvalue weighted by Gasteiger charge is 2.55. The first kappa shape index (κ1) is 19.6. The molecule has 1 unspecified atom stereocenters. The van der Waals surface area contributed by atoms with Gasteiger partial charge in [0.2, 0.25) is 0 Å². The van der Waals surface area contributed by atoms with Crippen LogP contribution < -0.4 is 5.32 Å². The van der Waals surface area contributed by atoms with Crippen molar-refractivity contribution in [2.45, 2.75) is 18.7 Å². The lowest BCUT2D eigenvalue weighted by atomic mass is 9.82. The van der Waals surface area contributed by atoms with Crippen LogP contribution in [0.15, 0.2) is 60.7 Å². The molecule has 28 heavy (non-hydrogen) atoms. The van der Waals surface area contributed by atoms with E-state index >= 15 is 0 Å². The molecule has 0 aliphatic carbocycles. The topological polar surface area (TPSA) is 79.0 Å². The molecule has 7 heteroatoms. The Morgan fingerprint density at radius 3 is 2.00 bits per heavy atom. The Morgan fingerprint density at radius 2 is 1.54 bits per heavy atom. The summed E-state index contributed by atoms with van der Waals surface area (Å²) < 4.78 is 5.31. The molecule has 1 atom stereocenters. The van der Waals surface area contributed by atoms with Crippen LogP contribution in [0.25, 0.3) is 0 Å². The first-order valence-corrected chi connectivity index (χ1v) is 8.97. The predicted octanol–water partition coefficient (Wildman–Crippen LogP) is 1.93. The van der Waals surface area contributed by atoms with Crippen LogP contribution in [0.5, 0.6) is 0 Å². The van der Waals surface area contributed by atoms with Gasteiger partial charge in [0.25, 0.3) is 5.91 Å². The maximum absolute atomic E-state index is 13.5. The number of likely N-dealkylation sites (N-methyl/N-ethyl adjacent to an activating group) is 1. The SMILES string of the molecule is CC(OC(=O)CN(C)C)N1C(=O)NC(c2ccccc2)(c2ccccc2)C1=O. The minimum absolute atomic E-state index is 0.0521. The third-order valence-corrected chi connectivity index (χ3v) is 4.58. The highest BCUT2D eigenvalue weighted by molar-refractivity contribution is 6.09. The molecule has 0 saturated carbocycles. The van der Waals surface area contributed by atoms with Gasteiger partial charge in [-0.15, -0.1) is 0 Å². The van der Waals surface area contributed by atoms with Gasteiger partial charge in [0.05, 0.1) is 6.54 Å². The van der Waals surface area contributed by atoms with Crippen LogP contribution >= 0.6 is 0 Å². The number of carbonyl (C=O) groups is 3. The third-order valence-electron chi connectivity index (χ3n) is 4.58. The molecule has 2 aromatic carbocycles. The van der Waals surface area contributed by atoms with Crippen molar-refractivity contribution >= 4 is 17.9 Å². The summed E-state index contributed by atoms with van der Waals surface area (Å²) in [5.41, 5.74) is -0.107. The fraction of sp³-hybridized carbons (Fsp3) is 0.286. The maximum Gasteiger partial charge on any atom is 0.328 e. The van der Waals surface area contributed by atoms with Crippen LogP contribution in [0.1, 0.15) is 18.1 Å². The second kappa shape index (κ2) is 7.82. The van der Waals surface area contributed by atoms with Crippen molar-refractivity contribution in [1.29, 1.82) is 0 Å². The maximum atomic E-state index is 13.5. The number of urea groups is 1. The molecule has 1 fully saturated rings. The van der Waals surface area contributed by atoms with E-state index in [4.69, 9.17) is 4.74 Å². The second-order valence-electron chi connectivity index (χ2n) is 6.91. The van der Waals surface area contributed by atoms with Crippen molar-refractivity contribution in [2.75, 3.05) is 20.6 Å². The van der Waals surface area contributed by atoms with E-state index in [1.807, 2.05) is 36.4 Å². The summed E-state index contributed by atoms with van der Waals surface area (Å²) in [6.07, 6.45) is -1.03. The Morgan fingerprint density at radius 1 is 1.04 bits per heavy atom. The molecule has 0 bridgehead atoms. The molecular weight excluding hydrogens is 358 g/mol. The average Bonchev–Trinajstić information content (AvgIpc) is 2.94. The molecule has 1 N–H and O–H groups in total. The van der Waals surface area contributed by atoms with E-state index in [-0.39, 0.29) is 6.54 Å². The molecule has 1 aliphatic heterocycles. The number of imide groups is 1. The highest BCUT2D eigenvalue weighted by Crippen LogP contribution is 2.36. The molecule has 3 rings (SSSR count). The number of nitrogens with one attached hydrogen (secondary N) is 1. The second-order valence-corrected chi connectivity index (χ2v) is 6.91. The minimum Gasteiger partial charge on any atom is -0.440 e.